The number of para-hydroxylation sites is 1. The lowest BCUT2D eigenvalue weighted by Gasteiger charge is -2.14. The molecule has 2 amide bonds. The summed E-state index contributed by atoms with van der Waals surface area (Å²) in [6.45, 7) is 5.71. The molecule has 140 valence electrons. The fourth-order valence-electron chi connectivity index (χ4n) is 2.01. The number of halogens is 1. The lowest BCUT2D eigenvalue weighted by molar-refractivity contribution is -0.115. The zero-order valence-electron chi connectivity index (χ0n) is 14.7. The van der Waals surface area contributed by atoms with E-state index in [0.29, 0.717) is 34.6 Å². The summed E-state index contributed by atoms with van der Waals surface area (Å²) in [6.07, 6.45) is 0. The molecule has 0 saturated carbocycles. The van der Waals surface area contributed by atoms with Gasteiger partial charge in [-0.15, -0.1) is 11.8 Å². The van der Waals surface area contributed by atoms with Crippen molar-refractivity contribution in [2.75, 3.05) is 23.0 Å². The third-order valence-corrected chi connectivity index (χ3v) is 4.68. The Bertz CT molecular complexity index is 781. The number of hydrogen-bond donors (Lipinski definition) is 2. The quantitative estimate of drug-likeness (QED) is 0.704. The smallest absolute Gasteiger partial charge is 0.238 e. The SMILES string of the molecule is CCOc1c(Cl)cccc1NC(=O)CSC(C)C(=O)Nc1cc(C)on1. The first kappa shape index (κ1) is 20.1. The molecule has 0 fully saturated rings. The van der Waals surface area contributed by atoms with Crippen molar-refractivity contribution in [3.63, 3.8) is 0 Å². The number of rotatable bonds is 8. The van der Waals surface area contributed by atoms with Crippen LogP contribution >= 0.6 is 23.4 Å². The number of amides is 2. The molecule has 1 heterocycles. The number of ether oxygens (including phenoxy) is 1. The number of nitrogens with one attached hydrogen (secondary N) is 2. The third kappa shape index (κ3) is 5.67. The molecule has 0 aliphatic rings. The second kappa shape index (κ2) is 9.49. The Morgan fingerprint density at radius 1 is 1.38 bits per heavy atom. The molecule has 2 aromatic rings. The second-order valence-corrected chi connectivity index (χ2v) is 7.10. The number of nitrogens with zero attached hydrogens (tertiary/aromatic N) is 1. The number of carbonyl (C=O) groups excluding carboxylic acids is 2. The Morgan fingerprint density at radius 2 is 2.15 bits per heavy atom. The number of anilines is 2. The molecule has 2 rings (SSSR count). The lowest BCUT2D eigenvalue weighted by atomic mass is 10.3. The first-order valence-electron chi connectivity index (χ1n) is 7.97. The number of benzene rings is 1. The summed E-state index contributed by atoms with van der Waals surface area (Å²) >= 11 is 7.30. The minimum atomic E-state index is -0.441. The molecule has 0 aliphatic carbocycles. The maximum atomic E-state index is 12.2. The molecular weight excluding hydrogens is 378 g/mol. The topological polar surface area (TPSA) is 93.5 Å². The van der Waals surface area contributed by atoms with E-state index in [1.165, 1.54) is 11.8 Å². The van der Waals surface area contributed by atoms with Gasteiger partial charge in [-0.3, -0.25) is 9.59 Å². The monoisotopic (exact) mass is 397 g/mol. The van der Waals surface area contributed by atoms with Crippen LogP contribution in [0.1, 0.15) is 19.6 Å². The molecule has 0 bridgehead atoms. The van der Waals surface area contributed by atoms with Crippen LogP contribution in [-0.2, 0) is 9.59 Å². The lowest BCUT2D eigenvalue weighted by Crippen LogP contribution is -2.25. The molecule has 0 spiro atoms. The number of aromatic nitrogens is 1. The molecule has 0 radical (unpaired) electrons. The van der Waals surface area contributed by atoms with E-state index in [0.717, 1.165) is 0 Å². The Hall–Kier alpha value is -2.19. The van der Waals surface area contributed by atoms with Crippen LogP contribution in [-0.4, -0.2) is 34.6 Å². The molecule has 7 nitrogen and oxygen atoms in total. The van der Waals surface area contributed by atoms with Gasteiger partial charge in [-0.1, -0.05) is 22.8 Å². The van der Waals surface area contributed by atoms with Gasteiger partial charge in [-0.05, 0) is 32.9 Å². The standard InChI is InChI=1S/C17H20ClN3O4S/c1-4-24-16-12(18)6-5-7-13(16)19-15(22)9-26-11(3)17(23)20-14-8-10(2)25-21-14/h5-8,11H,4,9H2,1-3H3,(H,19,22)(H,20,21,23). The fraction of sp³-hybridized carbons (Fsp3) is 0.353. The average molecular weight is 398 g/mol. The maximum Gasteiger partial charge on any atom is 0.238 e. The van der Waals surface area contributed by atoms with E-state index in [1.807, 2.05) is 6.92 Å². The van der Waals surface area contributed by atoms with Crippen LogP contribution in [0.3, 0.4) is 0 Å². The summed E-state index contributed by atoms with van der Waals surface area (Å²) < 4.78 is 10.4. The van der Waals surface area contributed by atoms with Crippen LogP contribution in [0.25, 0.3) is 0 Å². The highest BCUT2D eigenvalue weighted by molar-refractivity contribution is 8.01. The molecule has 9 heteroatoms. The Kier molecular flexibility index (Phi) is 7.35. The second-order valence-electron chi connectivity index (χ2n) is 5.36. The minimum Gasteiger partial charge on any atom is -0.490 e. The van der Waals surface area contributed by atoms with Crippen molar-refractivity contribution in [2.45, 2.75) is 26.0 Å². The van der Waals surface area contributed by atoms with Crippen molar-refractivity contribution in [1.29, 1.82) is 0 Å². The van der Waals surface area contributed by atoms with E-state index in [9.17, 15) is 9.59 Å². The number of carbonyl (C=O) groups is 2. The highest BCUT2D eigenvalue weighted by Crippen LogP contribution is 2.33. The molecule has 1 atom stereocenters. The van der Waals surface area contributed by atoms with Gasteiger partial charge in [0.15, 0.2) is 11.6 Å². The van der Waals surface area contributed by atoms with E-state index in [2.05, 4.69) is 15.8 Å². The number of thioether (sulfide) groups is 1. The van der Waals surface area contributed by atoms with E-state index in [4.69, 9.17) is 20.9 Å². The Morgan fingerprint density at radius 3 is 2.81 bits per heavy atom. The molecule has 1 unspecified atom stereocenters. The van der Waals surface area contributed by atoms with Gasteiger partial charge in [-0.25, -0.2) is 0 Å². The van der Waals surface area contributed by atoms with Gasteiger partial charge < -0.3 is 19.9 Å². The Labute approximate surface area is 160 Å². The van der Waals surface area contributed by atoms with Crippen molar-refractivity contribution in [1.82, 2.24) is 5.16 Å². The maximum absolute atomic E-state index is 12.2. The summed E-state index contributed by atoms with van der Waals surface area (Å²) in [5.74, 6) is 0.979. The molecule has 0 aliphatic heterocycles. The third-order valence-electron chi connectivity index (χ3n) is 3.24. The van der Waals surface area contributed by atoms with Crippen LogP contribution in [0.5, 0.6) is 5.75 Å². The molecule has 2 N–H and O–H groups in total. The number of aryl methyl sites for hydroxylation is 1. The Balaban J connectivity index is 1.86. The summed E-state index contributed by atoms with van der Waals surface area (Å²) in [4.78, 5) is 24.3. The van der Waals surface area contributed by atoms with Crippen LogP contribution in [0.2, 0.25) is 5.02 Å². The first-order chi connectivity index (χ1) is 12.4. The minimum absolute atomic E-state index is 0.102. The van der Waals surface area contributed by atoms with Crippen molar-refractivity contribution in [2.24, 2.45) is 0 Å². The summed E-state index contributed by atoms with van der Waals surface area (Å²) in [5, 5.41) is 9.08. The van der Waals surface area contributed by atoms with Crippen molar-refractivity contribution < 1.29 is 18.8 Å². The highest BCUT2D eigenvalue weighted by Gasteiger charge is 2.18. The van der Waals surface area contributed by atoms with E-state index in [1.54, 1.807) is 38.1 Å². The van der Waals surface area contributed by atoms with Gasteiger partial charge in [0.05, 0.1) is 28.3 Å². The van der Waals surface area contributed by atoms with Gasteiger partial charge in [0, 0.05) is 6.07 Å². The zero-order chi connectivity index (χ0) is 19.1. The molecule has 26 heavy (non-hydrogen) atoms. The van der Waals surface area contributed by atoms with Crippen molar-refractivity contribution in [3.8, 4) is 5.75 Å². The summed E-state index contributed by atoms with van der Waals surface area (Å²) in [7, 11) is 0. The molecule has 1 aromatic carbocycles. The van der Waals surface area contributed by atoms with Crippen LogP contribution in [0.15, 0.2) is 28.8 Å². The van der Waals surface area contributed by atoms with Crippen LogP contribution in [0.4, 0.5) is 11.5 Å². The first-order valence-corrected chi connectivity index (χ1v) is 9.40. The highest BCUT2D eigenvalue weighted by atomic mass is 35.5. The van der Waals surface area contributed by atoms with E-state index < -0.39 is 5.25 Å². The zero-order valence-corrected chi connectivity index (χ0v) is 16.2. The molecular formula is C17H20ClN3O4S. The molecule has 0 saturated heterocycles. The predicted octanol–water partition coefficient (Wildman–Crippen LogP) is 3.73. The van der Waals surface area contributed by atoms with Gasteiger partial charge >= 0.3 is 0 Å². The van der Waals surface area contributed by atoms with Gasteiger partial charge in [0.1, 0.15) is 5.76 Å². The van der Waals surface area contributed by atoms with Crippen molar-refractivity contribution >= 4 is 46.7 Å². The number of hydrogen-bond acceptors (Lipinski definition) is 6. The largest absolute Gasteiger partial charge is 0.490 e. The molecule has 1 aromatic heterocycles. The summed E-state index contributed by atoms with van der Waals surface area (Å²) in [6, 6.07) is 6.75. The van der Waals surface area contributed by atoms with Crippen LogP contribution < -0.4 is 15.4 Å². The van der Waals surface area contributed by atoms with Crippen LogP contribution in [0, 0.1) is 6.92 Å². The van der Waals surface area contributed by atoms with E-state index >= 15 is 0 Å². The summed E-state index contributed by atoms with van der Waals surface area (Å²) in [5.41, 5.74) is 0.500. The van der Waals surface area contributed by atoms with Gasteiger partial charge in [0.2, 0.25) is 11.8 Å². The average Bonchev–Trinajstić information content (AvgIpc) is 3.00. The van der Waals surface area contributed by atoms with Crippen molar-refractivity contribution in [3.05, 3.63) is 35.0 Å². The fourth-order valence-corrected chi connectivity index (χ4v) is 2.93. The van der Waals surface area contributed by atoms with Gasteiger partial charge in [0.25, 0.3) is 0 Å². The normalized spacial score (nSPS) is 11.7. The van der Waals surface area contributed by atoms with E-state index in [-0.39, 0.29) is 17.6 Å². The van der Waals surface area contributed by atoms with Gasteiger partial charge in [-0.2, -0.15) is 0 Å². The predicted molar refractivity (Wildman–Crippen MR) is 103 cm³/mol.